The van der Waals surface area contributed by atoms with Crippen LogP contribution in [-0.4, -0.2) is 28.2 Å². The highest BCUT2D eigenvalue weighted by atomic mass is 32.2. The average Bonchev–Trinajstić information content (AvgIpc) is 2.28. The summed E-state index contributed by atoms with van der Waals surface area (Å²) in [4.78, 5) is 12.4. The highest BCUT2D eigenvalue weighted by Gasteiger charge is 2.13. The summed E-state index contributed by atoms with van der Waals surface area (Å²) < 4.78 is 0.593. The molecule has 5 nitrogen and oxygen atoms in total. The van der Waals surface area contributed by atoms with Crippen molar-refractivity contribution in [3.05, 3.63) is 33.9 Å². The van der Waals surface area contributed by atoms with Crippen LogP contribution in [0.3, 0.4) is 0 Å². The maximum atomic E-state index is 10.6. The summed E-state index contributed by atoms with van der Waals surface area (Å²) in [7, 11) is 3.60. The Morgan fingerprint density at radius 1 is 1.59 bits per heavy atom. The van der Waals surface area contributed by atoms with Gasteiger partial charge in [-0.3, -0.25) is 10.1 Å². The normalized spacial score (nSPS) is 9.47. The van der Waals surface area contributed by atoms with Gasteiger partial charge in [0.05, 0.1) is 10.5 Å². The maximum absolute atomic E-state index is 10.6. The number of nitro benzene ring substituents is 1. The highest BCUT2D eigenvalue weighted by Crippen LogP contribution is 2.27. The predicted molar refractivity (Wildman–Crippen MR) is 70.0 cm³/mol. The van der Waals surface area contributed by atoms with E-state index in [1.165, 1.54) is 30.0 Å². The lowest BCUT2D eigenvalue weighted by molar-refractivity contribution is -0.384. The smallest absolute Gasteiger partial charge is 0.270 e. The molecule has 0 aliphatic heterocycles. The van der Waals surface area contributed by atoms with E-state index in [0.717, 1.165) is 0 Å². The number of non-ortho nitro benzene ring substituents is 1. The average molecular weight is 267 g/mol. The molecule has 7 heteroatoms. The topological polar surface area (TPSA) is 70.2 Å². The summed E-state index contributed by atoms with van der Waals surface area (Å²) in [5.41, 5.74) is 0.162. The highest BCUT2D eigenvalue weighted by molar-refractivity contribution is 8.23. The molecule has 0 fully saturated rings. The molecule has 0 unspecified atom stereocenters. The number of thioether (sulfide) groups is 1. The van der Waals surface area contributed by atoms with Crippen molar-refractivity contribution in [1.82, 2.24) is 4.90 Å². The van der Waals surface area contributed by atoms with Gasteiger partial charge >= 0.3 is 0 Å². The molecule has 0 N–H and O–H groups in total. The van der Waals surface area contributed by atoms with Crippen LogP contribution >= 0.6 is 24.0 Å². The Hall–Kier alpha value is -1.65. The number of nitro groups is 1. The third-order valence-corrected chi connectivity index (χ3v) is 3.59. The van der Waals surface area contributed by atoms with Crippen molar-refractivity contribution in [2.24, 2.45) is 0 Å². The molecule has 1 rings (SSSR count). The van der Waals surface area contributed by atoms with E-state index in [-0.39, 0.29) is 11.3 Å². The van der Waals surface area contributed by atoms with Crippen molar-refractivity contribution in [3.8, 4) is 6.07 Å². The van der Waals surface area contributed by atoms with E-state index in [9.17, 15) is 10.1 Å². The fourth-order valence-electron chi connectivity index (χ4n) is 0.993. The van der Waals surface area contributed by atoms with Crippen molar-refractivity contribution in [2.45, 2.75) is 4.90 Å². The van der Waals surface area contributed by atoms with Crippen LogP contribution in [0.2, 0.25) is 0 Å². The number of benzene rings is 1. The van der Waals surface area contributed by atoms with Crippen LogP contribution < -0.4 is 0 Å². The van der Waals surface area contributed by atoms with Crippen molar-refractivity contribution < 1.29 is 4.92 Å². The zero-order valence-corrected chi connectivity index (χ0v) is 10.8. The monoisotopic (exact) mass is 267 g/mol. The molecule has 1 aromatic carbocycles. The van der Waals surface area contributed by atoms with Gasteiger partial charge in [0.15, 0.2) is 0 Å². The Morgan fingerprint density at radius 2 is 2.24 bits per heavy atom. The Morgan fingerprint density at radius 3 is 2.71 bits per heavy atom. The van der Waals surface area contributed by atoms with Crippen molar-refractivity contribution in [2.75, 3.05) is 14.1 Å². The first-order valence-corrected chi connectivity index (χ1v) is 5.76. The number of thiocarbonyl (C=S) groups is 1. The molecule has 0 radical (unpaired) electrons. The molecule has 0 aliphatic carbocycles. The zero-order chi connectivity index (χ0) is 13.0. The number of hydrogen-bond donors (Lipinski definition) is 0. The molecule has 0 saturated carbocycles. The second-order valence-electron chi connectivity index (χ2n) is 3.31. The Kier molecular flexibility index (Phi) is 4.43. The van der Waals surface area contributed by atoms with Gasteiger partial charge in [0.2, 0.25) is 0 Å². The van der Waals surface area contributed by atoms with Gasteiger partial charge in [0.25, 0.3) is 5.69 Å². The minimum Gasteiger partial charge on any atom is -0.363 e. The fourth-order valence-corrected chi connectivity index (χ4v) is 1.98. The Balaban J connectivity index is 3.06. The van der Waals surface area contributed by atoms with Crippen LogP contribution in [0.15, 0.2) is 23.1 Å². The van der Waals surface area contributed by atoms with E-state index in [1.54, 1.807) is 19.0 Å². The third kappa shape index (κ3) is 3.41. The van der Waals surface area contributed by atoms with E-state index in [1.807, 2.05) is 6.07 Å². The first-order valence-electron chi connectivity index (χ1n) is 4.53. The lowest BCUT2D eigenvalue weighted by Gasteiger charge is -2.12. The fraction of sp³-hybridized carbons (Fsp3) is 0.200. The molecule has 0 spiro atoms. The third-order valence-electron chi connectivity index (χ3n) is 1.86. The number of rotatable bonds is 2. The van der Waals surface area contributed by atoms with Crippen molar-refractivity contribution in [1.29, 1.82) is 5.26 Å². The van der Waals surface area contributed by atoms with Gasteiger partial charge in [-0.2, -0.15) is 5.26 Å². The summed E-state index contributed by atoms with van der Waals surface area (Å²) in [5.74, 6) is 0. The SMILES string of the molecule is CN(C)C(=S)Sc1ccc([N+](=O)[O-])cc1C#N. The second kappa shape index (κ2) is 5.61. The van der Waals surface area contributed by atoms with Gasteiger partial charge in [-0.1, -0.05) is 24.0 Å². The minimum absolute atomic E-state index is 0.0957. The second-order valence-corrected chi connectivity index (χ2v) is 4.99. The van der Waals surface area contributed by atoms with Crippen LogP contribution in [0.4, 0.5) is 5.69 Å². The van der Waals surface area contributed by atoms with Gasteiger partial charge in [-0.25, -0.2) is 0 Å². The van der Waals surface area contributed by atoms with E-state index >= 15 is 0 Å². The van der Waals surface area contributed by atoms with Crippen LogP contribution in [0.1, 0.15) is 5.56 Å². The van der Waals surface area contributed by atoms with E-state index in [4.69, 9.17) is 17.5 Å². The molecule has 0 amide bonds. The molecule has 17 heavy (non-hydrogen) atoms. The lowest BCUT2D eigenvalue weighted by atomic mass is 10.2. The van der Waals surface area contributed by atoms with Gasteiger partial charge in [-0.15, -0.1) is 0 Å². The molecule has 0 aromatic heterocycles. The van der Waals surface area contributed by atoms with Crippen LogP contribution in [0.25, 0.3) is 0 Å². The maximum Gasteiger partial charge on any atom is 0.270 e. The summed E-state index contributed by atoms with van der Waals surface area (Å²) in [5, 5.41) is 19.5. The Labute approximate surface area is 108 Å². The summed E-state index contributed by atoms with van der Waals surface area (Å²) in [6, 6.07) is 6.08. The molecule has 88 valence electrons. The molecular formula is C10H9N3O2S2. The quantitative estimate of drug-likeness (QED) is 0.355. The van der Waals surface area contributed by atoms with E-state index in [0.29, 0.717) is 9.22 Å². The molecule has 0 bridgehead atoms. The van der Waals surface area contributed by atoms with Gasteiger partial charge < -0.3 is 4.90 Å². The van der Waals surface area contributed by atoms with Crippen molar-refractivity contribution in [3.63, 3.8) is 0 Å². The lowest BCUT2D eigenvalue weighted by Crippen LogP contribution is -2.15. The standard InChI is InChI=1S/C10H9N3O2S2/c1-12(2)10(16)17-9-4-3-8(13(14)15)5-7(9)6-11/h3-5H,1-2H3. The van der Waals surface area contributed by atoms with Crippen LogP contribution in [0, 0.1) is 21.4 Å². The summed E-state index contributed by atoms with van der Waals surface area (Å²) in [6.07, 6.45) is 0. The van der Waals surface area contributed by atoms with E-state index in [2.05, 4.69) is 0 Å². The van der Waals surface area contributed by atoms with E-state index < -0.39 is 4.92 Å². The number of hydrogen-bond acceptors (Lipinski definition) is 5. The van der Waals surface area contributed by atoms with Gasteiger partial charge in [-0.05, 0) is 6.07 Å². The predicted octanol–water partition coefficient (Wildman–Crippen LogP) is 2.41. The molecular weight excluding hydrogens is 258 g/mol. The molecule has 0 aliphatic rings. The zero-order valence-electron chi connectivity index (χ0n) is 9.21. The molecule has 1 aromatic rings. The van der Waals surface area contributed by atoms with Crippen LogP contribution in [0.5, 0.6) is 0 Å². The largest absolute Gasteiger partial charge is 0.363 e. The van der Waals surface area contributed by atoms with Crippen LogP contribution in [-0.2, 0) is 0 Å². The Bertz CT molecular complexity index is 509. The number of nitriles is 1. The van der Waals surface area contributed by atoms with Gasteiger partial charge in [0.1, 0.15) is 10.4 Å². The molecule has 0 atom stereocenters. The summed E-state index contributed by atoms with van der Waals surface area (Å²) in [6.45, 7) is 0. The first kappa shape index (κ1) is 13.4. The van der Waals surface area contributed by atoms with Gasteiger partial charge in [0, 0.05) is 31.1 Å². The minimum atomic E-state index is -0.528. The first-order chi connectivity index (χ1) is 7.95. The number of nitrogens with zero attached hydrogens (tertiary/aromatic N) is 3. The summed E-state index contributed by atoms with van der Waals surface area (Å²) >= 11 is 6.33. The molecule has 0 heterocycles. The van der Waals surface area contributed by atoms with Crippen molar-refractivity contribution >= 4 is 34.0 Å². The molecule has 0 saturated heterocycles.